The van der Waals surface area contributed by atoms with E-state index in [-0.39, 0.29) is 5.91 Å². The average Bonchev–Trinajstić information content (AvgIpc) is 3.26. The van der Waals surface area contributed by atoms with Crippen LogP contribution in [0.4, 0.5) is 16.2 Å². The number of fused-ring (bicyclic) bond motifs is 1. The van der Waals surface area contributed by atoms with Crippen molar-refractivity contribution in [3.8, 4) is 11.3 Å². The van der Waals surface area contributed by atoms with Crippen LogP contribution in [0.3, 0.4) is 0 Å². The third-order valence-electron chi connectivity index (χ3n) is 4.51. The van der Waals surface area contributed by atoms with Crippen molar-refractivity contribution in [1.82, 2.24) is 4.98 Å². The van der Waals surface area contributed by atoms with E-state index in [0.29, 0.717) is 17.8 Å². The van der Waals surface area contributed by atoms with E-state index in [1.807, 2.05) is 24.4 Å². The number of nitrogens with zero attached hydrogens (tertiary/aromatic N) is 2. The zero-order valence-electron chi connectivity index (χ0n) is 14.7. The number of rotatable bonds is 3. The lowest BCUT2D eigenvalue weighted by atomic mass is 10.1. The summed E-state index contributed by atoms with van der Waals surface area (Å²) in [6, 6.07) is 12.2. The molecule has 7 heteroatoms. The van der Waals surface area contributed by atoms with Crippen LogP contribution in [0.2, 0.25) is 0 Å². The molecule has 0 atom stereocenters. The Labute approximate surface area is 160 Å². The molecular formula is C20H18N4O2S. The minimum Gasteiger partial charge on any atom is -0.351 e. The van der Waals surface area contributed by atoms with Gasteiger partial charge in [-0.2, -0.15) is 0 Å². The lowest BCUT2D eigenvalue weighted by molar-refractivity contribution is 0.0989. The maximum Gasteiger partial charge on any atom is 0.316 e. The van der Waals surface area contributed by atoms with E-state index in [1.165, 1.54) is 0 Å². The summed E-state index contributed by atoms with van der Waals surface area (Å²) in [5.41, 5.74) is 10.3. The number of nitrogens with two attached hydrogens (primary N) is 1. The summed E-state index contributed by atoms with van der Waals surface area (Å²) in [5.74, 6) is -0.0980. The first-order valence-corrected chi connectivity index (χ1v) is 9.43. The molecule has 2 aromatic carbocycles. The Morgan fingerprint density at radius 3 is 2.81 bits per heavy atom. The second kappa shape index (κ2) is 6.85. The molecule has 0 unspecified atom stereocenters. The first-order valence-electron chi connectivity index (χ1n) is 8.55. The highest BCUT2D eigenvalue weighted by molar-refractivity contribution is 7.09. The minimum atomic E-state index is -0.657. The molecule has 1 aliphatic heterocycles. The molecule has 3 amide bonds. The average molecular weight is 378 g/mol. The third-order valence-corrected chi connectivity index (χ3v) is 5.29. The fourth-order valence-corrected chi connectivity index (χ4v) is 3.92. The molecule has 1 aromatic heterocycles. The molecule has 0 fully saturated rings. The van der Waals surface area contributed by atoms with E-state index < -0.39 is 6.03 Å². The van der Waals surface area contributed by atoms with Crippen molar-refractivity contribution in [2.75, 3.05) is 16.8 Å². The Balaban J connectivity index is 1.61. The number of primary amides is 1. The molecule has 0 saturated heterocycles. The van der Waals surface area contributed by atoms with Crippen LogP contribution in [0.15, 0.2) is 47.8 Å². The molecule has 0 radical (unpaired) electrons. The molecule has 3 N–H and O–H groups in total. The van der Waals surface area contributed by atoms with Gasteiger partial charge >= 0.3 is 6.03 Å². The van der Waals surface area contributed by atoms with Crippen molar-refractivity contribution >= 4 is 34.6 Å². The quantitative estimate of drug-likeness (QED) is 0.726. The molecule has 3 aromatic rings. The molecule has 6 nitrogen and oxygen atoms in total. The fraction of sp³-hybridized carbons (Fsp3) is 0.150. The van der Waals surface area contributed by atoms with Gasteiger partial charge in [0.25, 0.3) is 5.91 Å². The van der Waals surface area contributed by atoms with Gasteiger partial charge in [-0.3, -0.25) is 4.79 Å². The standard InChI is InChI=1S/C20H18N4O2S/c1-12-22-17(11-27-12)13-5-6-18-14(9-13)7-8-24(18)19(25)15-3-2-4-16(10-15)23-20(21)26/h2-6,9-11H,7-8H2,1H3,(H3,21,23,26). The van der Waals surface area contributed by atoms with Crippen molar-refractivity contribution < 1.29 is 9.59 Å². The monoisotopic (exact) mass is 378 g/mol. The number of benzene rings is 2. The van der Waals surface area contributed by atoms with Crippen LogP contribution in [0.5, 0.6) is 0 Å². The predicted molar refractivity (Wildman–Crippen MR) is 107 cm³/mol. The zero-order chi connectivity index (χ0) is 19.0. The Hall–Kier alpha value is -3.19. The zero-order valence-corrected chi connectivity index (χ0v) is 15.5. The number of urea groups is 1. The summed E-state index contributed by atoms with van der Waals surface area (Å²) >= 11 is 1.63. The summed E-state index contributed by atoms with van der Waals surface area (Å²) in [6.45, 7) is 2.62. The molecule has 27 heavy (non-hydrogen) atoms. The van der Waals surface area contributed by atoms with Gasteiger partial charge in [0, 0.05) is 34.4 Å². The molecule has 1 aliphatic rings. The van der Waals surface area contributed by atoms with Crippen LogP contribution >= 0.6 is 11.3 Å². The maximum atomic E-state index is 13.0. The highest BCUT2D eigenvalue weighted by Gasteiger charge is 2.26. The second-order valence-electron chi connectivity index (χ2n) is 6.37. The van der Waals surface area contributed by atoms with E-state index in [2.05, 4.69) is 16.4 Å². The van der Waals surface area contributed by atoms with E-state index in [1.54, 1.807) is 40.5 Å². The summed E-state index contributed by atoms with van der Waals surface area (Å²) in [7, 11) is 0. The maximum absolute atomic E-state index is 13.0. The SMILES string of the molecule is Cc1nc(-c2ccc3c(c2)CCN3C(=O)c2cccc(NC(N)=O)c2)cs1. The van der Waals surface area contributed by atoms with Crippen LogP contribution < -0.4 is 16.0 Å². The largest absolute Gasteiger partial charge is 0.351 e. The number of carbonyl (C=O) groups excluding carboxylic acids is 2. The summed E-state index contributed by atoms with van der Waals surface area (Å²) in [6.07, 6.45) is 0.803. The number of amides is 3. The number of nitrogens with one attached hydrogen (secondary N) is 1. The van der Waals surface area contributed by atoms with E-state index in [4.69, 9.17) is 5.73 Å². The number of hydrogen-bond donors (Lipinski definition) is 2. The van der Waals surface area contributed by atoms with Crippen molar-refractivity contribution in [3.63, 3.8) is 0 Å². The van der Waals surface area contributed by atoms with Gasteiger partial charge in [0.15, 0.2) is 0 Å². The lowest BCUT2D eigenvalue weighted by Gasteiger charge is -2.18. The van der Waals surface area contributed by atoms with Crippen molar-refractivity contribution in [1.29, 1.82) is 0 Å². The molecule has 0 aliphatic carbocycles. The molecular weight excluding hydrogens is 360 g/mol. The fourth-order valence-electron chi connectivity index (χ4n) is 3.30. The molecule has 0 bridgehead atoms. The van der Waals surface area contributed by atoms with Gasteiger partial charge in [-0.25, -0.2) is 9.78 Å². The lowest BCUT2D eigenvalue weighted by Crippen LogP contribution is -2.29. The van der Waals surface area contributed by atoms with Crippen LogP contribution in [-0.4, -0.2) is 23.5 Å². The minimum absolute atomic E-state index is 0.0980. The van der Waals surface area contributed by atoms with Gasteiger partial charge in [-0.05, 0) is 49.2 Å². The second-order valence-corrected chi connectivity index (χ2v) is 7.43. The molecule has 136 valence electrons. The van der Waals surface area contributed by atoms with Gasteiger partial charge in [0.05, 0.1) is 10.7 Å². The van der Waals surface area contributed by atoms with Crippen LogP contribution in [0.1, 0.15) is 20.9 Å². The van der Waals surface area contributed by atoms with E-state index >= 15 is 0 Å². The predicted octanol–water partition coefficient (Wildman–Crippen LogP) is 3.81. The third kappa shape index (κ3) is 3.41. The topological polar surface area (TPSA) is 88.3 Å². The first-order chi connectivity index (χ1) is 13.0. The highest BCUT2D eigenvalue weighted by Crippen LogP contribution is 2.33. The number of anilines is 2. The van der Waals surface area contributed by atoms with Crippen LogP contribution in [0.25, 0.3) is 11.3 Å². The highest BCUT2D eigenvalue weighted by atomic mass is 32.1. The summed E-state index contributed by atoms with van der Waals surface area (Å²) in [4.78, 5) is 30.3. The Kier molecular flexibility index (Phi) is 4.37. The smallest absolute Gasteiger partial charge is 0.316 e. The van der Waals surface area contributed by atoms with Crippen LogP contribution in [0, 0.1) is 6.92 Å². The van der Waals surface area contributed by atoms with Crippen molar-refractivity contribution in [2.45, 2.75) is 13.3 Å². The van der Waals surface area contributed by atoms with E-state index in [9.17, 15) is 9.59 Å². The van der Waals surface area contributed by atoms with Crippen molar-refractivity contribution in [2.24, 2.45) is 5.73 Å². The number of thiazole rings is 1. The summed E-state index contributed by atoms with van der Waals surface area (Å²) < 4.78 is 0. The van der Waals surface area contributed by atoms with Gasteiger partial charge in [0.2, 0.25) is 0 Å². The molecule has 2 heterocycles. The normalized spacial score (nSPS) is 12.7. The molecule has 0 spiro atoms. The Morgan fingerprint density at radius 1 is 1.22 bits per heavy atom. The van der Waals surface area contributed by atoms with Gasteiger partial charge in [-0.1, -0.05) is 12.1 Å². The van der Waals surface area contributed by atoms with Crippen molar-refractivity contribution in [3.05, 3.63) is 64.0 Å². The van der Waals surface area contributed by atoms with Gasteiger partial charge < -0.3 is 16.0 Å². The number of aromatic nitrogens is 1. The Morgan fingerprint density at radius 2 is 2.07 bits per heavy atom. The van der Waals surface area contributed by atoms with Crippen LogP contribution in [-0.2, 0) is 6.42 Å². The number of hydrogen-bond acceptors (Lipinski definition) is 4. The van der Waals surface area contributed by atoms with Gasteiger partial charge in [0.1, 0.15) is 0 Å². The number of aryl methyl sites for hydroxylation is 1. The Bertz CT molecular complexity index is 1040. The first kappa shape index (κ1) is 17.2. The van der Waals surface area contributed by atoms with E-state index in [0.717, 1.165) is 33.9 Å². The summed E-state index contributed by atoms with van der Waals surface area (Å²) in [5, 5.41) is 5.58. The molecule has 0 saturated carbocycles. The van der Waals surface area contributed by atoms with Gasteiger partial charge in [-0.15, -0.1) is 11.3 Å². The number of carbonyl (C=O) groups is 2. The molecule has 4 rings (SSSR count).